The summed E-state index contributed by atoms with van der Waals surface area (Å²) in [6.07, 6.45) is 0. The fraction of sp³-hybridized carbons (Fsp3) is 0.310. The summed E-state index contributed by atoms with van der Waals surface area (Å²) in [7, 11) is -4.09. The maximum atomic E-state index is 13.9. The molecule has 9 heteroatoms. The van der Waals surface area contributed by atoms with Crippen LogP contribution in [-0.2, 0) is 26.2 Å². The molecule has 0 fully saturated rings. The van der Waals surface area contributed by atoms with Gasteiger partial charge in [-0.15, -0.1) is 0 Å². The minimum Gasteiger partial charge on any atom is -0.352 e. The van der Waals surface area contributed by atoms with Crippen LogP contribution in [0.2, 0.25) is 0 Å². The number of rotatable bonds is 10. The van der Waals surface area contributed by atoms with Crippen LogP contribution in [0.3, 0.4) is 0 Å². The first-order valence-corrected chi connectivity index (χ1v) is 14.6. The molecule has 0 bridgehead atoms. The second-order valence-electron chi connectivity index (χ2n) is 9.60. The number of nitrogens with zero attached hydrogens (tertiary/aromatic N) is 2. The number of aryl methyl sites for hydroxylation is 2. The number of hydrogen-bond acceptors (Lipinski definition) is 4. The lowest BCUT2D eigenvalue weighted by molar-refractivity contribution is -0.139. The van der Waals surface area contributed by atoms with Crippen LogP contribution < -0.4 is 9.62 Å². The average molecular weight is 601 g/mol. The van der Waals surface area contributed by atoms with Crippen LogP contribution in [0, 0.1) is 13.8 Å². The summed E-state index contributed by atoms with van der Waals surface area (Å²) in [6, 6.07) is 20.1. The van der Waals surface area contributed by atoms with E-state index in [0.29, 0.717) is 11.3 Å². The van der Waals surface area contributed by atoms with Crippen molar-refractivity contribution in [3.05, 3.63) is 94.0 Å². The van der Waals surface area contributed by atoms with Crippen molar-refractivity contribution in [2.45, 2.75) is 58.1 Å². The fourth-order valence-electron chi connectivity index (χ4n) is 4.01. The summed E-state index contributed by atoms with van der Waals surface area (Å²) in [4.78, 5) is 28.4. The first-order chi connectivity index (χ1) is 17.9. The molecule has 0 aliphatic rings. The van der Waals surface area contributed by atoms with Gasteiger partial charge in [0.05, 0.1) is 10.6 Å². The van der Waals surface area contributed by atoms with E-state index in [2.05, 4.69) is 21.2 Å². The molecule has 38 heavy (non-hydrogen) atoms. The van der Waals surface area contributed by atoms with Crippen LogP contribution in [0.25, 0.3) is 0 Å². The normalized spacial score (nSPS) is 12.2. The van der Waals surface area contributed by atoms with Crippen LogP contribution in [0.5, 0.6) is 0 Å². The van der Waals surface area contributed by atoms with Crippen LogP contribution in [0.1, 0.15) is 37.5 Å². The molecular formula is C29H34BrN3O4S. The highest BCUT2D eigenvalue weighted by Crippen LogP contribution is 2.27. The number of benzene rings is 3. The lowest BCUT2D eigenvalue weighted by atomic mass is 10.1. The van der Waals surface area contributed by atoms with Gasteiger partial charge in [-0.2, -0.15) is 0 Å². The lowest BCUT2D eigenvalue weighted by Gasteiger charge is -2.32. The zero-order chi connectivity index (χ0) is 28.0. The molecule has 202 valence electrons. The van der Waals surface area contributed by atoms with E-state index in [1.54, 1.807) is 56.3 Å². The molecule has 0 aliphatic carbocycles. The Bertz CT molecular complexity index is 1390. The zero-order valence-electron chi connectivity index (χ0n) is 22.3. The summed E-state index contributed by atoms with van der Waals surface area (Å²) in [5.41, 5.74) is 2.84. The van der Waals surface area contributed by atoms with Crippen molar-refractivity contribution in [2.24, 2.45) is 0 Å². The van der Waals surface area contributed by atoms with E-state index in [-0.39, 0.29) is 23.4 Å². The van der Waals surface area contributed by atoms with Gasteiger partial charge in [0.2, 0.25) is 11.8 Å². The number of carbonyl (C=O) groups is 2. The molecule has 0 heterocycles. The van der Waals surface area contributed by atoms with Crippen molar-refractivity contribution >= 4 is 43.5 Å². The third kappa shape index (κ3) is 7.23. The molecule has 0 spiro atoms. The number of halogens is 1. The highest BCUT2D eigenvalue weighted by atomic mass is 79.9. The molecule has 0 radical (unpaired) electrons. The van der Waals surface area contributed by atoms with Crippen molar-refractivity contribution in [3.63, 3.8) is 0 Å². The second kappa shape index (κ2) is 12.6. The first kappa shape index (κ1) is 29.4. The van der Waals surface area contributed by atoms with Crippen molar-refractivity contribution in [3.8, 4) is 0 Å². The van der Waals surface area contributed by atoms with Gasteiger partial charge in [-0.3, -0.25) is 13.9 Å². The molecular weight excluding hydrogens is 566 g/mol. The number of hydrogen-bond donors (Lipinski definition) is 1. The molecule has 3 aromatic rings. The van der Waals surface area contributed by atoms with Crippen LogP contribution in [-0.4, -0.2) is 43.8 Å². The Morgan fingerprint density at radius 1 is 0.921 bits per heavy atom. The number of carbonyl (C=O) groups excluding carboxylic acids is 2. The third-order valence-electron chi connectivity index (χ3n) is 6.11. The van der Waals surface area contributed by atoms with E-state index in [4.69, 9.17) is 0 Å². The maximum absolute atomic E-state index is 13.9. The first-order valence-electron chi connectivity index (χ1n) is 12.4. The third-order valence-corrected chi connectivity index (χ3v) is 8.38. The maximum Gasteiger partial charge on any atom is 0.264 e. The van der Waals surface area contributed by atoms with Gasteiger partial charge in [0, 0.05) is 17.1 Å². The molecule has 1 atom stereocenters. The largest absolute Gasteiger partial charge is 0.352 e. The molecule has 0 aromatic heterocycles. The Hall–Kier alpha value is -3.17. The van der Waals surface area contributed by atoms with Crippen LogP contribution in [0.4, 0.5) is 5.69 Å². The summed E-state index contributed by atoms with van der Waals surface area (Å²) in [5.74, 6) is -0.803. The van der Waals surface area contributed by atoms with Gasteiger partial charge in [0.1, 0.15) is 12.6 Å². The van der Waals surface area contributed by atoms with Gasteiger partial charge in [-0.1, -0.05) is 64.0 Å². The number of anilines is 1. The SMILES string of the molecule is Cc1ccc(S(=O)(=O)N(CC(=O)N(Cc2cccc(Br)c2)[C@@H](C)C(=O)NC(C)C)c2ccccc2C)cc1. The standard InChI is InChI=1S/C29H34BrN3O4S/c1-20(2)31-29(35)23(5)32(18-24-10-8-11-25(30)17-24)28(34)19-33(27-12-7-6-9-22(27)4)38(36,37)26-15-13-21(3)14-16-26/h6-17,20,23H,18-19H2,1-5H3,(H,31,35)/t23-/m0/s1. The minimum absolute atomic E-state index is 0.0864. The number of nitrogens with one attached hydrogen (secondary N) is 1. The predicted molar refractivity (Wildman–Crippen MR) is 154 cm³/mol. The van der Waals surface area contributed by atoms with Crippen molar-refractivity contribution in [1.29, 1.82) is 0 Å². The molecule has 3 aromatic carbocycles. The van der Waals surface area contributed by atoms with Gasteiger partial charge in [0.15, 0.2) is 0 Å². The van der Waals surface area contributed by atoms with Crippen molar-refractivity contribution in [2.75, 3.05) is 10.8 Å². The molecule has 7 nitrogen and oxygen atoms in total. The van der Waals surface area contributed by atoms with E-state index >= 15 is 0 Å². The smallest absolute Gasteiger partial charge is 0.264 e. The fourth-order valence-corrected chi connectivity index (χ4v) is 5.94. The van der Waals surface area contributed by atoms with Crippen LogP contribution >= 0.6 is 15.9 Å². The molecule has 0 aliphatic heterocycles. The Labute approximate surface area is 234 Å². The van der Waals surface area contributed by atoms with E-state index in [9.17, 15) is 18.0 Å². The molecule has 0 unspecified atom stereocenters. The average Bonchev–Trinajstić information content (AvgIpc) is 2.85. The Kier molecular flexibility index (Phi) is 9.73. The van der Waals surface area contributed by atoms with Crippen molar-refractivity contribution in [1.82, 2.24) is 10.2 Å². The van der Waals surface area contributed by atoms with E-state index < -0.39 is 28.5 Å². The summed E-state index contributed by atoms with van der Waals surface area (Å²) in [6.45, 7) is 8.70. The van der Waals surface area contributed by atoms with E-state index in [1.165, 1.54) is 4.90 Å². The molecule has 0 saturated heterocycles. The molecule has 2 amide bonds. The number of para-hydroxylation sites is 1. The number of amides is 2. The highest BCUT2D eigenvalue weighted by molar-refractivity contribution is 9.10. The van der Waals surface area contributed by atoms with Crippen LogP contribution in [0.15, 0.2) is 82.2 Å². The molecule has 1 N–H and O–H groups in total. The summed E-state index contributed by atoms with van der Waals surface area (Å²) in [5, 5.41) is 2.86. The van der Waals surface area contributed by atoms with Gasteiger partial charge >= 0.3 is 0 Å². The van der Waals surface area contributed by atoms with Gasteiger partial charge in [-0.05, 0) is 76.1 Å². The minimum atomic E-state index is -4.09. The van der Waals surface area contributed by atoms with Crippen molar-refractivity contribution < 1.29 is 18.0 Å². The predicted octanol–water partition coefficient (Wildman–Crippen LogP) is 5.20. The lowest BCUT2D eigenvalue weighted by Crippen LogP contribution is -2.52. The highest BCUT2D eigenvalue weighted by Gasteiger charge is 2.33. The Morgan fingerprint density at radius 2 is 1.58 bits per heavy atom. The number of sulfonamides is 1. The quantitative estimate of drug-likeness (QED) is 0.347. The summed E-state index contributed by atoms with van der Waals surface area (Å²) < 4.78 is 29.7. The Balaban J connectivity index is 2.05. The topological polar surface area (TPSA) is 86.8 Å². The van der Waals surface area contributed by atoms with Gasteiger partial charge < -0.3 is 10.2 Å². The second-order valence-corrected chi connectivity index (χ2v) is 12.4. The molecule has 3 rings (SSSR count). The zero-order valence-corrected chi connectivity index (χ0v) is 24.7. The van der Waals surface area contributed by atoms with E-state index in [0.717, 1.165) is 19.9 Å². The summed E-state index contributed by atoms with van der Waals surface area (Å²) >= 11 is 3.45. The monoisotopic (exact) mass is 599 g/mol. The molecule has 0 saturated carbocycles. The van der Waals surface area contributed by atoms with Gasteiger partial charge in [0.25, 0.3) is 10.0 Å². The Morgan fingerprint density at radius 3 is 2.18 bits per heavy atom. The van der Waals surface area contributed by atoms with E-state index in [1.807, 2.05) is 51.1 Å². The van der Waals surface area contributed by atoms with Gasteiger partial charge in [-0.25, -0.2) is 8.42 Å².